The second-order valence-corrected chi connectivity index (χ2v) is 7.72. The van der Waals surface area contributed by atoms with Gasteiger partial charge in [-0.2, -0.15) is 5.10 Å². The average molecular weight is 585 g/mol. The van der Waals surface area contributed by atoms with E-state index in [9.17, 15) is 0 Å². The zero-order valence-electron chi connectivity index (χ0n) is 17.8. The Labute approximate surface area is 195 Å². The van der Waals surface area contributed by atoms with Gasteiger partial charge in [-0.3, -0.25) is 4.98 Å². The first-order valence-corrected chi connectivity index (χ1v) is 9.98. The maximum Gasteiger partial charge on any atom is 0.114 e. The molecule has 0 saturated heterocycles. The van der Waals surface area contributed by atoms with Crippen molar-refractivity contribution in [2.24, 2.45) is 0 Å². The van der Waals surface area contributed by atoms with E-state index in [0.29, 0.717) is 0 Å². The van der Waals surface area contributed by atoms with Crippen LogP contribution in [0, 0.1) is 33.8 Å². The van der Waals surface area contributed by atoms with Gasteiger partial charge in [-0.05, 0) is 56.5 Å². The van der Waals surface area contributed by atoms with E-state index in [0.717, 1.165) is 39.6 Å². The van der Waals surface area contributed by atoms with Crippen LogP contribution in [0.15, 0.2) is 60.9 Å². The van der Waals surface area contributed by atoms with E-state index in [2.05, 4.69) is 76.5 Å². The summed E-state index contributed by atoms with van der Waals surface area (Å²) >= 11 is 0. The summed E-state index contributed by atoms with van der Waals surface area (Å²) in [5.41, 5.74) is 8.66. The fraction of sp³-hybridized carbons (Fsp3) is 0.160. The first kappa shape index (κ1) is 21.2. The summed E-state index contributed by atoms with van der Waals surface area (Å²) in [7, 11) is 0. The SMILES string of the molecule is Cc1cc(C)c(-n2cnnc2-c2[c-]cc3nc(C)n(-c4ccccc4)c3c2)c(C)c1.[Ir]. The Hall–Kier alpha value is -3.08. The van der Waals surface area contributed by atoms with E-state index >= 15 is 0 Å². The molecule has 0 N–H and O–H groups in total. The van der Waals surface area contributed by atoms with Gasteiger partial charge in [0.2, 0.25) is 0 Å². The van der Waals surface area contributed by atoms with Crippen LogP contribution in [0.1, 0.15) is 22.5 Å². The third-order valence-corrected chi connectivity index (χ3v) is 5.43. The van der Waals surface area contributed by atoms with Crippen molar-refractivity contribution in [2.75, 3.05) is 0 Å². The van der Waals surface area contributed by atoms with E-state index in [1.54, 1.807) is 6.33 Å². The molecule has 2 aromatic heterocycles. The monoisotopic (exact) mass is 585 g/mol. The Morgan fingerprint density at radius 1 is 0.903 bits per heavy atom. The van der Waals surface area contributed by atoms with Crippen molar-refractivity contribution in [1.82, 2.24) is 24.3 Å². The van der Waals surface area contributed by atoms with E-state index in [1.807, 2.05) is 31.2 Å². The molecule has 0 spiro atoms. The molecule has 0 amide bonds. The van der Waals surface area contributed by atoms with E-state index in [1.165, 1.54) is 16.7 Å². The van der Waals surface area contributed by atoms with E-state index < -0.39 is 0 Å². The minimum absolute atomic E-state index is 0. The van der Waals surface area contributed by atoms with Crippen LogP contribution < -0.4 is 0 Å². The van der Waals surface area contributed by atoms with Crippen LogP contribution >= 0.6 is 0 Å². The number of imidazole rings is 1. The van der Waals surface area contributed by atoms with Crippen LogP contribution in [0.3, 0.4) is 0 Å². The molecule has 0 bridgehead atoms. The number of hydrogen-bond donors (Lipinski definition) is 0. The second-order valence-electron chi connectivity index (χ2n) is 7.72. The van der Waals surface area contributed by atoms with Gasteiger partial charge in [-0.25, -0.2) is 0 Å². The topological polar surface area (TPSA) is 48.5 Å². The Kier molecular flexibility index (Phi) is 5.61. The van der Waals surface area contributed by atoms with E-state index in [-0.39, 0.29) is 20.1 Å². The van der Waals surface area contributed by atoms with Gasteiger partial charge in [0, 0.05) is 37.0 Å². The van der Waals surface area contributed by atoms with Crippen molar-refractivity contribution < 1.29 is 20.1 Å². The number of aryl methyl sites for hydroxylation is 4. The standard InChI is InChI=1S/C25H22N5.Ir/c1-16-12-17(2)24(18(3)13-16)29-15-26-28-25(29)20-10-11-22-23(14-20)30(19(4)27-22)21-8-6-5-7-9-21;/h5-9,11-15H,1-4H3;/q-1;. The van der Waals surface area contributed by atoms with Gasteiger partial charge in [0.25, 0.3) is 0 Å². The Bertz CT molecular complexity index is 1360. The molecule has 2 heterocycles. The van der Waals surface area contributed by atoms with Gasteiger partial charge in [0.15, 0.2) is 0 Å². The Morgan fingerprint density at radius 3 is 2.32 bits per heavy atom. The van der Waals surface area contributed by atoms with Gasteiger partial charge >= 0.3 is 0 Å². The molecule has 0 fully saturated rings. The largest absolute Gasteiger partial charge is 0.322 e. The van der Waals surface area contributed by atoms with Crippen molar-refractivity contribution >= 4 is 11.0 Å². The molecule has 0 aliphatic carbocycles. The van der Waals surface area contributed by atoms with Crippen molar-refractivity contribution in [3.63, 3.8) is 0 Å². The fourth-order valence-corrected chi connectivity index (χ4v) is 4.31. The number of para-hydroxylation sites is 1. The van der Waals surface area contributed by atoms with Gasteiger partial charge in [0.1, 0.15) is 6.33 Å². The predicted molar refractivity (Wildman–Crippen MR) is 119 cm³/mol. The number of aromatic nitrogens is 5. The molecular formula is C25H22IrN5-. The van der Waals surface area contributed by atoms with Crippen LogP contribution in [-0.4, -0.2) is 24.3 Å². The second kappa shape index (κ2) is 8.22. The van der Waals surface area contributed by atoms with Crippen molar-refractivity contribution in [3.05, 3.63) is 89.5 Å². The zero-order chi connectivity index (χ0) is 20.8. The molecule has 5 nitrogen and oxygen atoms in total. The number of nitrogens with zero attached hydrogens (tertiary/aromatic N) is 5. The van der Waals surface area contributed by atoms with Crippen molar-refractivity contribution in [1.29, 1.82) is 0 Å². The zero-order valence-corrected chi connectivity index (χ0v) is 20.2. The predicted octanol–water partition coefficient (Wildman–Crippen LogP) is 5.30. The van der Waals surface area contributed by atoms with Crippen molar-refractivity contribution in [3.8, 4) is 22.8 Å². The molecule has 0 atom stereocenters. The molecule has 0 aliphatic rings. The smallest absolute Gasteiger partial charge is 0.114 e. The summed E-state index contributed by atoms with van der Waals surface area (Å²) in [4.78, 5) is 4.72. The molecule has 0 unspecified atom stereocenters. The minimum atomic E-state index is 0. The summed E-state index contributed by atoms with van der Waals surface area (Å²) in [6.07, 6.45) is 1.78. The molecule has 0 saturated carbocycles. The molecule has 1 radical (unpaired) electrons. The average Bonchev–Trinajstić information content (AvgIpc) is 3.31. The number of fused-ring (bicyclic) bond motifs is 1. The van der Waals surface area contributed by atoms with Crippen LogP contribution in [0.4, 0.5) is 0 Å². The van der Waals surface area contributed by atoms with E-state index in [4.69, 9.17) is 4.98 Å². The molecule has 5 aromatic rings. The van der Waals surface area contributed by atoms with Gasteiger partial charge in [0.05, 0.1) is 11.6 Å². The normalized spacial score (nSPS) is 11.0. The number of hydrogen-bond acceptors (Lipinski definition) is 3. The molecule has 31 heavy (non-hydrogen) atoms. The van der Waals surface area contributed by atoms with Crippen molar-refractivity contribution in [2.45, 2.75) is 27.7 Å². The van der Waals surface area contributed by atoms with Gasteiger partial charge in [-0.1, -0.05) is 35.9 Å². The molecule has 6 heteroatoms. The summed E-state index contributed by atoms with van der Waals surface area (Å²) < 4.78 is 4.22. The van der Waals surface area contributed by atoms with Gasteiger partial charge in [-0.15, -0.1) is 28.9 Å². The Morgan fingerprint density at radius 2 is 1.61 bits per heavy atom. The third-order valence-electron chi connectivity index (χ3n) is 5.43. The fourth-order valence-electron chi connectivity index (χ4n) is 4.31. The summed E-state index contributed by atoms with van der Waals surface area (Å²) in [6, 6.07) is 22.1. The number of rotatable bonds is 3. The van der Waals surface area contributed by atoms with Crippen LogP contribution in [-0.2, 0) is 20.1 Å². The molecule has 5 rings (SSSR count). The van der Waals surface area contributed by atoms with Crippen LogP contribution in [0.2, 0.25) is 0 Å². The first-order chi connectivity index (χ1) is 14.5. The quantitative estimate of drug-likeness (QED) is 0.271. The molecule has 3 aromatic carbocycles. The molecule has 0 aliphatic heterocycles. The molecule has 157 valence electrons. The summed E-state index contributed by atoms with van der Waals surface area (Å²) in [5.74, 6) is 1.71. The van der Waals surface area contributed by atoms with Crippen LogP contribution in [0.25, 0.3) is 33.8 Å². The number of benzene rings is 3. The maximum absolute atomic E-state index is 4.72. The summed E-state index contributed by atoms with van der Waals surface area (Å²) in [6.45, 7) is 8.39. The van der Waals surface area contributed by atoms with Crippen LogP contribution in [0.5, 0.6) is 0 Å². The maximum atomic E-state index is 4.72. The first-order valence-electron chi connectivity index (χ1n) is 9.98. The minimum Gasteiger partial charge on any atom is -0.322 e. The van der Waals surface area contributed by atoms with Gasteiger partial charge < -0.3 is 9.13 Å². The third kappa shape index (κ3) is 3.62. The molecular weight excluding hydrogens is 563 g/mol. The Balaban J connectivity index is 0.00000231. The summed E-state index contributed by atoms with van der Waals surface area (Å²) in [5, 5.41) is 8.65.